The van der Waals surface area contributed by atoms with Crippen LogP contribution in [0.25, 0.3) is 0 Å². The monoisotopic (exact) mass is 724 g/mol. The van der Waals surface area contributed by atoms with Crippen molar-refractivity contribution < 1.29 is 27.1 Å². The fourth-order valence-electron chi connectivity index (χ4n) is 7.76. The maximum absolute atomic E-state index is 14.4. The number of carbonyl (C=O) groups is 1. The van der Waals surface area contributed by atoms with Crippen molar-refractivity contribution in [3.05, 3.63) is 54.5 Å². The van der Waals surface area contributed by atoms with E-state index in [-0.39, 0.29) is 51.8 Å². The van der Waals surface area contributed by atoms with E-state index >= 15 is 0 Å². The van der Waals surface area contributed by atoms with E-state index in [0.29, 0.717) is 24.2 Å². The Morgan fingerprint density at radius 2 is 1.82 bits per heavy atom. The van der Waals surface area contributed by atoms with E-state index in [4.69, 9.17) is 9.47 Å². The van der Waals surface area contributed by atoms with Gasteiger partial charge in [-0.3, -0.25) is 9.48 Å². The number of anilines is 1. The number of likely N-dealkylation sites (tertiary alicyclic amines) is 1. The summed E-state index contributed by atoms with van der Waals surface area (Å²) >= 11 is 0. The lowest BCUT2D eigenvalue weighted by Gasteiger charge is -2.54. The number of halogens is 1. The van der Waals surface area contributed by atoms with Crippen LogP contribution in [0.1, 0.15) is 82.6 Å². The summed E-state index contributed by atoms with van der Waals surface area (Å²) in [4.78, 5) is 28.9. The van der Waals surface area contributed by atoms with Gasteiger partial charge in [0.1, 0.15) is 22.8 Å². The van der Waals surface area contributed by atoms with Crippen LogP contribution in [0, 0.1) is 11.2 Å². The number of sulfonamides is 1. The average molecular weight is 725 g/mol. The molecule has 1 spiro atoms. The SMILES string of the molecule is CC(C)N(C(=O)c1cc(F)ccc1Oc1cncnc1N1CC2(CCN(C[C@@H]3CC[C@@H](NS(=O)(=O)c4cnn(C5CC5)c4)CO3)CC2)C1)C(C)C. The molecule has 13 nitrogen and oxygen atoms in total. The number of rotatable bonds is 12. The molecule has 2 atom stereocenters. The lowest BCUT2D eigenvalue weighted by Crippen LogP contribution is -2.61. The van der Waals surface area contributed by atoms with Crippen LogP contribution in [0.15, 0.2) is 48.0 Å². The van der Waals surface area contributed by atoms with Gasteiger partial charge in [0.2, 0.25) is 10.0 Å². The molecule has 0 radical (unpaired) electrons. The lowest BCUT2D eigenvalue weighted by atomic mass is 9.72. The van der Waals surface area contributed by atoms with Crippen molar-refractivity contribution in [2.45, 2.75) is 101 Å². The summed E-state index contributed by atoms with van der Waals surface area (Å²) in [5, 5.41) is 4.22. The number of piperidine rings is 1. The largest absolute Gasteiger partial charge is 0.451 e. The molecule has 4 aliphatic rings. The van der Waals surface area contributed by atoms with Crippen molar-refractivity contribution in [2.75, 3.05) is 44.2 Å². The van der Waals surface area contributed by atoms with Gasteiger partial charge in [-0.15, -0.1) is 0 Å². The lowest BCUT2D eigenvalue weighted by molar-refractivity contribution is -0.0299. The highest BCUT2D eigenvalue weighted by atomic mass is 32.2. The number of amides is 1. The van der Waals surface area contributed by atoms with E-state index < -0.39 is 15.8 Å². The number of nitrogens with one attached hydrogen (secondary N) is 1. The van der Waals surface area contributed by atoms with Gasteiger partial charge in [-0.1, -0.05) is 0 Å². The number of ether oxygens (including phenoxy) is 2. The summed E-state index contributed by atoms with van der Waals surface area (Å²) in [6, 6.07) is 3.96. The third-order valence-electron chi connectivity index (χ3n) is 10.6. The Morgan fingerprint density at radius 1 is 1.08 bits per heavy atom. The van der Waals surface area contributed by atoms with Gasteiger partial charge in [0.15, 0.2) is 11.6 Å². The minimum absolute atomic E-state index is 0.0715. The molecule has 3 aromatic rings. The van der Waals surface area contributed by atoms with Crippen molar-refractivity contribution in [1.82, 2.24) is 34.3 Å². The van der Waals surface area contributed by atoms with Gasteiger partial charge in [0.25, 0.3) is 5.91 Å². The molecule has 2 aromatic heterocycles. The van der Waals surface area contributed by atoms with Crippen molar-refractivity contribution >= 4 is 21.7 Å². The van der Waals surface area contributed by atoms with Gasteiger partial charge in [-0.2, -0.15) is 5.10 Å². The van der Waals surface area contributed by atoms with Crippen LogP contribution < -0.4 is 14.4 Å². The maximum Gasteiger partial charge on any atom is 0.258 e. The predicted octanol–water partition coefficient (Wildman–Crippen LogP) is 4.63. The zero-order valence-corrected chi connectivity index (χ0v) is 30.7. The van der Waals surface area contributed by atoms with E-state index in [2.05, 4.69) is 29.6 Å². The molecular formula is C36H49FN8O5S. The number of aromatic nitrogens is 4. The van der Waals surface area contributed by atoms with Crippen LogP contribution in [-0.4, -0.2) is 107 Å². The molecule has 1 N–H and O–H groups in total. The first kappa shape index (κ1) is 35.7. The highest BCUT2D eigenvalue weighted by molar-refractivity contribution is 7.89. The van der Waals surface area contributed by atoms with Crippen LogP contribution in [0.3, 0.4) is 0 Å². The normalized spacial score (nSPS) is 22.4. The molecule has 0 bridgehead atoms. The molecule has 1 amide bonds. The quantitative estimate of drug-likeness (QED) is 0.282. The molecule has 4 fully saturated rings. The van der Waals surface area contributed by atoms with E-state index in [1.165, 1.54) is 30.7 Å². The molecule has 1 aromatic carbocycles. The van der Waals surface area contributed by atoms with Crippen molar-refractivity contribution in [3.63, 3.8) is 0 Å². The van der Waals surface area contributed by atoms with E-state index in [0.717, 1.165) is 71.2 Å². The van der Waals surface area contributed by atoms with Gasteiger partial charge in [0.05, 0.1) is 36.7 Å². The number of carbonyl (C=O) groups excluding carboxylic acids is 1. The zero-order chi connectivity index (χ0) is 35.9. The first-order valence-electron chi connectivity index (χ1n) is 18.2. The fourth-order valence-corrected chi connectivity index (χ4v) is 8.95. The second-order valence-electron chi connectivity index (χ2n) is 15.2. The first-order chi connectivity index (χ1) is 24.4. The van der Waals surface area contributed by atoms with Gasteiger partial charge >= 0.3 is 0 Å². The molecule has 3 aliphatic heterocycles. The van der Waals surface area contributed by atoms with E-state index in [1.54, 1.807) is 22.0 Å². The summed E-state index contributed by atoms with van der Waals surface area (Å²) < 4.78 is 57.2. The van der Waals surface area contributed by atoms with Crippen LogP contribution in [0.4, 0.5) is 10.2 Å². The van der Waals surface area contributed by atoms with E-state index in [1.807, 2.05) is 27.7 Å². The number of nitrogens with zero attached hydrogens (tertiary/aromatic N) is 7. The van der Waals surface area contributed by atoms with Crippen LogP contribution in [0.5, 0.6) is 11.5 Å². The van der Waals surface area contributed by atoms with Gasteiger partial charge in [-0.05, 0) is 97.5 Å². The highest BCUT2D eigenvalue weighted by Crippen LogP contribution is 2.45. The first-order valence-corrected chi connectivity index (χ1v) is 19.6. The molecule has 1 saturated carbocycles. The van der Waals surface area contributed by atoms with Gasteiger partial charge in [0, 0.05) is 49.4 Å². The topological polar surface area (TPSA) is 135 Å². The third-order valence-corrected chi connectivity index (χ3v) is 12.1. The minimum Gasteiger partial charge on any atom is -0.451 e. The molecule has 3 saturated heterocycles. The molecule has 5 heterocycles. The molecule has 0 unspecified atom stereocenters. The Morgan fingerprint density at radius 3 is 2.49 bits per heavy atom. The highest BCUT2D eigenvalue weighted by Gasteiger charge is 2.46. The molecular weight excluding hydrogens is 676 g/mol. The predicted molar refractivity (Wildman–Crippen MR) is 189 cm³/mol. The fraction of sp³-hybridized carbons (Fsp3) is 0.611. The Kier molecular flexibility index (Phi) is 10.1. The Bertz CT molecular complexity index is 1800. The number of benzene rings is 1. The van der Waals surface area contributed by atoms with Crippen LogP contribution >= 0.6 is 0 Å². The molecule has 15 heteroatoms. The number of hydrogen-bond acceptors (Lipinski definition) is 10. The average Bonchev–Trinajstić information content (AvgIpc) is 3.80. The Labute approximate surface area is 299 Å². The summed E-state index contributed by atoms with van der Waals surface area (Å²) in [5.74, 6) is 0.548. The molecule has 276 valence electrons. The zero-order valence-electron chi connectivity index (χ0n) is 29.9. The van der Waals surface area contributed by atoms with Crippen LogP contribution in [-0.2, 0) is 14.8 Å². The van der Waals surface area contributed by atoms with Crippen molar-refractivity contribution in [1.29, 1.82) is 0 Å². The van der Waals surface area contributed by atoms with Crippen LogP contribution in [0.2, 0.25) is 0 Å². The molecule has 51 heavy (non-hydrogen) atoms. The van der Waals surface area contributed by atoms with Gasteiger partial charge < -0.3 is 24.2 Å². The van der Waals surface area contributed by atoms with E-state index in [9.17, 15) is 17.6 Å². The summed E-state index contributed by atoms with van der Waals surface area (Å²) in [6.07, 6.45) is 11.9. The summed E-state index contributed by atoms with van der Waals surface area (Å²) in [7, 11) is -3.63. The smallest absolute Gasteiger partial charge is 0.258 e. The second kappa shape index (κ2) is 14.4. The molecule has 7 rings (SSSR count). The number of hydrogen-bond donors (Lipinski definition) is 1. The Balaban J connectivity index is 0.899. The standard InChI is InChI=1S/C36H49FN8O5S/c1-24(2)45(25(3)4)35(46)31-15-26(37)5-10-32(31)50-33-17-38-23-39-34(33)43-21-36(22-43)11-13-42(14-12-36)18-29-9-6-27(20-49-29)41-51(47,48)30-16-40-44(19-30)28-7-8-28/h5,10,15-17,19,23-25,27-29,41H,6-9,11-14,18,20-22H2,1-4H3/t27-,29+/m1/s1. The maximum atomic E-state index is 14.4. The Hall–Kier alpha value is -3.66. The van der Waals surface area contributed by atoms with Crippen molar-refractivity contribution in [3.8, 4) is 11.5 Å². The molecule has 1 aliphatic carbocycles. The van der Waals surface area contributed by atoms with Crippen molar-refractivity contribution in [2.24, 2.45) is 5.41 Å². The minimum atomic E-state index is -3.63. The summed E-state index contributed by atoms with van der Waals surface area (Å²) in [5.41, 5.74) is 0.338. The summed E-state index contributed by atoms with van der Waals surface area (Å²) in [6.45, 7) is 12.5. The van der Waals surface area contributed by atoms with Gasteiger partial charge in [-0.25, -0.2) is 27.5 Å². The third kappa shape index (κ3) is 7.91. The second-order valence-corrected chi connectivity index (χ2v) is 17.0.